The molecule has 0 spiro atoms. The monoisotopic (exact) mass is 395 g/mol. The number of hydrogen-bond donors (Lipinski definition) is 2. The van der Waals surface area contributed by atoms with Gasteiger partial charge in [-0.3, -0.25) is 15.0 Å². The third-order valence-electron chi connectivity index (χ3n) is 5.11. The second-order valence-electron chi connectivity index (χ2n) is 7.24. The highest BCUT2D eigenvalue weighted by molar-refractivity contribution is 6.02. The Morgan fingerprint density at radius 1 is 1.07 bits per heavy atom. The van der Waals surface area contributed by atoms with E-state index < -0.39 is 6.17 Å². The molecule has 2 N–H and O–H groups in total. The molecule has 2 aromatic rings. The summed E-state index contributed by atoms with van der Waals surface area (Å²) in [5, 5.41) is 4.77. The van der Waals surface area contributed by atoms with Gasteiger partial charge < -0.3 is 10.1 Å². The molecule has 0 aromatic heterocycles. The Labute approximate surface area is 172 Å². The van der Waals surface area contributed by atoms with Crippen LogP contribution in [0.3, 0.4) is 0 Å². The van der Waals surface area contributed by atoms with Crippen LogP contribution >= 0.6 is 0 Å². The predicted molar refractivity (Wildman–Crippen MR) is 113 cm³/mol. The van der Waals surface area contributed by atoms with E-state index in [9.17, 15) is 9.59 Å². The largest absolute Gasteiger partial charge is 0.497 e. The summed E-state index contributed by atoms with van der Waals surface area (Å²) in [4.78, 5) is 25.6. The highest BCUT2D eigenvalue weighted by Gasteiger charge is 2.34. The molecule has 1 heterocycles. The average molecular weight is 396 g/mol. The number of carbonyl (C=O) groups excluding carboxylic acids is 2. The molecule has 1 unspecified atom stereocenters. The highest BCUT2D eigenvalue weighted by atomic mass is 16.5. The predicted octanol–water partition coefficient (Wildman–Crippen LogP) is 4.65. The van der Waals surface area contributed by atoms with Gasteiger partial charge in [0, 0.05) is 12.1 Å². The fourth-order valence-corrected chi connectivity index (χ4v) is 3.47. The van der Waals surface area contributed by atoms with Crippen molar-refractivity contribution < 1.29 is 14.3 Å². The molecule has 2 amide bonds. The Bertz CT molecular complexity index is 836. The average Bonchev–Trinajstić information content (AvgIpc) is 2.75. The van der Waals surface area contributed by atoms with Crippen molar-refractivity contribution in [3.05, 3.63) is 59.7 Å². The first kappa shape index (κ1) is 20.7. The van der Waals surface area contributed by atoms with Gasteiger partial charge >= 0.3 is 0 Å². The molecule has 6 heteroatoms. The van der Waals surface area contributed by atoms with E-state index in [1.165, 1.54) is 17.9 Å². The van der Waals surface area contributed by atoms with Crippen LogP contribution in [-0.4, -0.2) is 23.9 Å². The first-order chi connectivity index (χ1) is 14.1. The minimum atomic E-state index is -0.493. The number of carbonyl (C=O) groups is 2. The molecule has 29 heavy (non-hydrogen) atoms. The molecule has 6 nitrogen and oxygen atoms in total. The van der Waals surface area contributed by atoms with Gasteiger partial charge in [-0.25, -0.2) is 5.01 Å². The Morgan fingerprint density at radius 3 is 2.52 bits per heavy atom. The number of hydrogen-bond acceptors (Lipinski definition) is 4. The number of amides is 2. The maximum absolute atomic E-state index is 13.1. The number of methoxy groups -OCH3 is 1. The van der Waals surface area contributed by atoms with Crippen molar-refractivity contribution in [2.75, 3.05) is 12.4 Å². The molecule has 0 saturated carbocycles. The Hall–Kier alpha value is -3.02. The molecule has 154 valence electrons. The Kier molecular flexibility index (Phi) is 7.11. The first-order valence-electron chi connectivity index (χ1n) is 10.3. The van der Waals surface area contributed by atoms with Gasteiger partial charge in [-0.05, 0) is 36.2 Å². The van der Waals surface area contributed by atoms with Crippen LogP contribution in [0.4, 0.5) is 5.69 Å². The lowest BCUT2D eigenvalue weighted by molar-refractivity contribution is -0.125. The lowest BCUT2D eigenvalue weighted by atomic mass is 10.0. The number of anilines is 1. The summed E-state index contributed by atoms with van der Waals surface area (Å²) in [7, 11) is 1.61. The van der Waals surface area contributed by atoms with Gasteiger partial charge in [0.15, 0.2) is 0 Å². The van der Waals surface area contributed by atoms with Crippen molar-refractivity contribution in [3.63, 3.8) is 0 Å². The van der Waals surface area contributed by atoms with Crippen molar-refractivity contribution in [3.8, 4) is 5.75 Å². The van der Waals surface area contributed by atoms with E-state index >= 15 is 0 Å². The number of benzene rings is 2. The second-order valence-corrected chi connectivity index (χ2v) is 7.24. The summed E-state index contributed by atoms with van der Waals surface area (Å²) < 4.78 is 5.23. The second kappa shape index (κ2) is 9.96. The van der Waals surface area contributed by atoms with Crippen molar-refractivity contribution in [1.82, 2.24) is 10.4 Å². The summed E-state index contributed by atoms with van der Waals surface area (Å²) in [5.74, 6) is 0.369. The zero-order valence-corrected chi connectivity index (χ0v) is 17.1. The summed E-state index contributed by atoms with van der Waals surface area (Å²) in [5.41, 5.74) is 4.98. The normalized spacial score (nSPS) is 15.4. The number of ether oxygens (including phenoxy) is 1. The molecule has 1 aliphatic heterocycles. The van der Waals surface area contributed by atoms with Crippen LogP contribution in [0.15, 0.2) is 48.5 Å². The van der Waals surface area contributed by atoms with E-state index in [0.717, 1.165) is 36.3 Å². The smallest absolute Gasteiger partial charge is 0.276 e. The zero-order valence-electron chi connectivity index (χ0n) is 17.1. The number of fused-ring (bicyclic) bond motifs is 1. The van der Waals surface area contributed by atoms with E-state index in [0.29, 0.717) is 12.0 Å². The molecular formula is C23H29N3O3. The minimum Gasteiger partial charge on any atom is -0.497 e. The van der Waals surface area contributed by atoms with Gasteiger partial charge in [-0.1, -0.05) is 56.9 Å². The van der Waals surface area contributed by atoms with Crippen molar-refractivity contribution in [1.29, 1.82) is 0 Å². The van der Waals surface area contributed by atoms with Gasteiger partial charge in [0.25, 0.3) is 5.91 Å². The van der Waals surface area contributed by atoms with Gasteiger partial charge in [0.05, 0.1) is 12.7 Å². The van der Waals surface area contributed by atoms with Crippen LogP contribution in [0, 0.1) is 0 Å². The number of rotatable bonds is 9. The van der Waals surface area contributed by atoms with Crippen LogP contribution in [0.5, 0.6) is 5.75 Å². The lowest BCUT2D eigenvalue weighted by Crippen LogP contribution is -2.52. The fourth-order valence-electron chi connectivity index (χ4n) is 3.47. The van der Waals surface area contributed by atoms with Crippen molar-refractivity contribution in [2.24, 2.45) is 0 Å². The van der Waals surface area contributed by atoms with Gasteiger partial charge in [-0.2, -0.15) is 0 Å². The van der Waals surface area contributed by atoms with E-state index in [4.69, 9.17) is 4.74 Å². The SMILES string of the molecule is CCCCCCCC(=O)NN1C(=O)c2ccccc2NC1c1ccc(OC)cc1. The standard InChI is InChI=1S/C23H29N3O3/c1-3-4-5-6-7-12-21(27)25-26-22(17-13-15-18(29-2)16-14-17)24-20-11-9-8-10-19(20)23(26)28/h8-11,13-16,22,24H,3-7,12H2,1-2H3,(H,25,27). The van der Waals surface area contributed by atoms with Crippen LogP contribution in [0.25, 0.3) is 0 Å². The number of hydrazine groups is 1. The van der Waals surface area contributed by atoms with Gasteiger partial charge in [0.1, 0.15) is 11.9 Å². The summed E-state index contributed by atoms with van der Waals surface area (Å²) >= 11 is 0. The third kappa shape index (κ3) is 5.08. The van der Waals surface area contributed by atoms with Gasteiger partial charge in [0.2, 0.25) is 5.91 Å². The molecule has 2 aromatic carbocycles. The van der Waals surface area contributed by atoms with Crippen molar-refractivity contribution in [2.45, 2.75) is 51.6 Å². The molecular weight excluding hydrogens is 366 g/mol. The van der Waals surface area contributed by atoms with E-state index in [2.05, 4.69) is 17.7 Å². The number of unbranched alkanes of at least 4 members (excludes halogenated alkanes) is 4. The molecule has 3 rings (SSSR count). The topological polar surface area (TPSA) is 70.7 Å². The fraction of sp³-hybridized carbons (Fsp3) is 0.391. The van der Waals surface area contributed by atoms with Gasteiger partial charge in [-0.15, -0.1) is 0 Å². The van der Waals surface area contributed by atoms with Crippen molar-refractivity contribution >= 4 is 17.5 Å². The minimum absolute atomic E-state index is 0.144. The third-order valence-corrected chi connectivity index (χ3v) is 5.11. The molecule has 0 fully saturated rings. The van der Waals surface area contributed by atoms with E-state index in [-0.39, 0.29) is 11.8 Å². The number of para-hydroxylation sites is 1. The molecule has 0 aliphatic carbocycles. The number of nitrogens with one attached hydrogen (secondary N) is 2. The molecule has 0 saturated heterocycles. The molecule has 0 radical (unpaired) electrons. The lowest BCUT2D eigenvalue weighted by Gasteiger charge is -2.37. The summed E-state index contributed by atoms with van der Waals surface area (Å²) in [6, 6.07) is 14.8. The summed E-state index contributed by atoms with van der Waals surface area (Å²) in [6.07, 6.45) is 5.26. The van der Waals surface area contributed by atoms with E-state index in [1.54, 1.807) is 13.2 Å². The quantitative estimate of drug-likeness (QED) is 0.606. The Morgan fingerprint density at radius 2 is 1.79 bits per heavy atom. The van der Waals surface area contributed by atoms with Crippen LogP contribution in [0.2, 0.25) is 0 Å². The number of nitrogens with zero attached hydrogens (tertiary/aromatic N) is 1. The maximum atomic E-state index is 13.1. The molecule has 1 atom stereocenters. The molecule has 0 bridgehead atoms. The maximum Gasteiger partial charge on any atom is 0.276 e. The zero-order chi connectivity index (χ0) is 20.6. The van der Waals surface area contributed by atoms with Crippen LogP contribution < -0.4 is 15.5 Å². The molecule has 1 aliphatic rings. The first-order valence-corrected chi connectivity index (χ1v) is 10.3. The Balaban J connectivity index is 1.76. The van der Waals surface area contributed by atoms with Crippen LogP contribution in [-0.2, 0) is 4.79 Å². The summed E-state index contributed by atoms with van der Waals surface area (Å²) in [6.45, 7) is 2.17. The van der Waals surface area contributed by atoms with E-state index in [1.807, 2.05) is 42.5 Å². The van der Waals surface area contributed by atoms with Crippen LogP contribution in [0.1, 0.15) is 67.5 Å². The highest BCUT2D eigenvalue weighted by Crippen LogP contribution is 2.32.